The number of pyridine rings is 1. The molecule has 0 radical (unpaired) electrons. The molecule has 2 aliphatic heterocycles. The summed E-state index contributed by atoms with van der Waals surface area (Å²) in [7, 11) is 0. The fourth-order valence-corrected chi connectivity index (χ4v) is 4.01. The van der Waals surface area contributed by atoms with Gasteiger partial charge in [0.15, 0.2) is 0 Å². The standard InChI is InChI=1S/C16H23N3O2S/c20-14-11-19(10-13(14)18-8-4-1-5-9-18)16(21)12-22-15-6-2-3-7-17-15/h2-3,6-7,13-14,20H,1,4-5,8-12H2/t13-,14-/m0/s1. The quantitative estimate of drug-likeness (QED) is 0.846. The minimum absolute atomic E-state index is 0.0919. The van der Waals surface area contributed by atoms with Gasteiger partial charge >= 0.3 is 0 Å². The lowest BCUT2D eigenvalue weighted by Crippen LogP contribution is -2.46. The molecule has 0 aromatic carbocycles. The van der Waals surface area contributed by atoms with Gasteiger partial charge in [-0.2, -0.15) is 0 Å². The van der Waals surface area contributed by atoms with Crippen molar-refractivity contribution in [1.82, 2.24) is 14.8 Å². The molecule has 1 aromatic heterocycles. The Morgan fingerprint density at radius 2 is 2.09 bits per heavy atom. The van der Waals surface area contributed by atoms with Crippen molar-refractivity contribution in [3.05, 3.63) is 24.4 Å². The number of carbonyl (C=O) groups excluding carboxylic acids is 1. The number of hydrogen-bond donors (Lipinski definition) is 1. The second-order valence-corrected chi connectivity index (χ2v) is 6.98. The number of rotatable bonds is 4. The van der Waals surface area contributed by atoms with Crippen molar-refractivity contribution in [3.63, 3.8) is 0 Å². The smallest absolute Gasteiger partial charge is 0.233 e. The Morgan fingerprint density at radius 1 is 1.27 bits per heavy atom. The number of carbonyl (C=O) groups is 1. The zero-order chi connectivity index (χ0) is 15.4. The van der Waals surface area contributed by atoms with Crippen LogP contribution >= 0.6 is 11.8 Å². The first-order valence-corrected chi connectivity index (χ1v) is 8.96. The number of aliphatic hydroxyl groups excluding tert-OH is 1. The summed E-state index contributed by atoms with van der Waals surface area (Å²) in [6.07, 6.45) is 5.00. The monoisotopic (exact) mass is 321 g/mol. The van der Waals surface area contributed by atoms with Gasteiger partial charge in [-0.15, -0.1) is 0 Å². The lowest BCUT2D eigenvalue weighted by atomic mass is 10.1. The highest BCUT2D eigenvalue weighted by molar-refractivity contribution is 7.99. The van der Waals surface area contributed by atoms with E-state index in [1.54, 1.807) is 11.1 Å². The van der Waals surface area contributed by atoms with E-state index in [0.717, 1.165) is 18.1 Å². The zero-order valence-corrected chi connectivity index (χ0v) is 13.5. The maximum atomic E-state index is 12.3. The van der Waals surface area contributed by atoms with Crippen LogP contribution in [0.15, 0.2) is 29.4 Å². The van der Waals surface area contributed by atoms with Crippen LogP contribution in [0.2, 0.25) is 0 Å². The van der Waals surface area contributed by atoms with E-state index >= 15 is 0 Å². The Morgan fingerprint density at radius 3 is 2.82 bits per heavy atom. The molecule has 2 fully saturated rings. The van der Waals surface area contributed by atoms with E-state index < -0.39 is 6.10 Å². The van der Waals surface area contributed by atoms with E-state index in [1.807, 2.05) is 18.2 Å². The largest absolute Gasteiger partial charge is 0.390 e. The second kappa shape index (κ2) is 7.44. The van der Waals surface area contributed by atoms with Crippen molar-refractivity contribution < 1.29 is 9.90 Å². The van der Waals surface area contributed by atoms with E-state index in [9.17, 15) is 9.90 Å². The molecule has 22 heavy (non-hydrogen) atoms. The van der Waals surface area contributed by atoms with Gasteiger partial charge in [-0.25, -0.2) is 4.98 Å². The Balaban J connectivity index is 1.51. The maximum Gasteiger partial charge on any atom is 0.233 e. The van der Waals surface area contributed by atoms with Crippen LogP contribution in [0.25, 0.3) is 0 Å². The van der Waals surface area contributed by atoms with Crippen LogP contribution in [0, 0.1) is 0 Å². The number of amides is 1. The van der Waals surface area contributed by atoms with E-state index in [1.165, 1.54) is 31.0 Å². The molecule has 1 N–H and O–H groups in total. The van der Waals surface area contributed by atoms with Crippen LogP contribution in [0.3, 0.4) is 0 Å². The molecule has 3 rings (SSSR count). The third-order valence-electron chi connectivity index (χ3n) is 4.45. The van der Waals surface area contributed by atoms with Gasteiger partial charge in [-0.05, 0) is 38.1 Å². The first-order valence-electron chi connectivity index (χ1n) is 7.98. The summed E-state index contributed by atoms with van der Waals surface area (Å²) in [5.41, 5.74) is 0. The number of hydrogen-bond acceptors (Lipinski definition) is 5. The van der Waals surface area contributed by atoms with Crippen LogP contribution < -0.4 is 0 Å². The molecule has 2 atom stereocenters. The summed E-state index contributed by atoms with van der Waals surface area (Å²) < 4.78 is 0. The van der Waals surface area contributed by atoms with E-state index in [4.69, 9.17) is 0 Å². The molecule has 0 unspecified atom stereocenters. The average molecular weight is 321 g/mol. The van der Waals surface area contributed by atoms with Crippen LogP contribution in [0.4, 0.5) is 0 Å². The third kappa shape index (κ3) is 3.80. The summed E-state index contributed by atoms with van der Waals surface area (Å²) in [6.45, 7) is 3.21. The first kappa shape index (κ1) is 15.8. The molecular formula is C16H23N3O2S. The molecule has 2 aliphatic rings. The lowest BCUT2D eigenvalue weighted by Gasteiger charge is -2.33. The number of piperidine rings is 1. The summed E-state index contributed by atoms with van der Waals surface area (Å²) in [5.74, 6) is 0.477. The lowest BCUT2D eigenvalue weighted by molar-refractivity contribution is -0.127. The summed E-state index contributed by atoms with van der Waals surface area (Å²) in [6, 6.07) is 5.81. The number of nitrogens with zero attached hydrogens (tertiary/aromatic N) is 3. The van der Waals surface area contributed by atoms with Crippen molar-refractivity contribution >= 4 is 17.7 Å². The number of aromatic nitrogens is 1. The van der Waals surface area contributed by atoms with Gasteiger partial charge < -0.3 is 10.0 Å². The molecule has 6 heteroatoms. The van der Waals surface area contributed by atoms with Crippen molar-refractivity contribution in [1.29, 1.82) is 0 Å². The molecule has 1 amide bonds. The predicted molar refractivity (Wildman–Crippen MR) is 86.8 cm³/mol. The fourth-order valence-electron chi connectivity index (χ4n) is 3.24. The van der Waals surface area contributed by atoms with Gasteiger partial charge in [0.25, 0.3) is 0 Å². The molecule has 3 heterocycles. The minimum atomic E-state index is -0.415. The molecule has 5 nitrogen and oxygen atoms in total. The van der Waals surface area contributed by atoms with E-state index in [-0.39, 0.29) is 11.9 Å². The fraction of sp³-hybridized carbons (Fsp3) is 0.625. The van der Waals surface area contributed by atoms with Crippen LogP contribution in [0.5, 0.6) is 0 Å². The Labute approximate surface area is 135 Å². The Kier molecular flexibility index (Phi) is 5.33. The highest BCUT2D eigenvalue weighted by Gasteiger charge is 2.37. The maximum absolute atomic E-state index is 12.3. The zero-order valence-electron chi connectivity index (χ0n) is 12.7. The Bertz CT molecular complexity index is 493. The van der Waals surface area contributed by atoms with Crippen molar-refractivity contribution in [2.45, 2.75) is 36.4 Å². The molecule has 0 saturated carbocycles. The molecule has 0 aliphatic carbocycles. The highest BCUT2D eigenvalue weighted by atomic mass is 32.2. The number of β-amino-alcohol motifs (C(OH)–C–C–N with tert-alkyl or cyclic N) is 1. The first-order chi connectivity index (χ1) is 10.7. The minimum Gasteiger partial charge on any atom is -0.390 e. The third-order valence-corrected chi connectivity index (χ3v) is 5.38. The predicted octanol–water partition coefficient (Wildman–Crippen LogP) is 1.23. The molecule has 1 aromatic rings. The topological polar surface area (TPSA) is 56.7 Å². The second-order valence-electron chi connectivity index (χ2n) is 5.99. The summed E-state index contributed by atoms with van der Waals surface area (Å²) >= 11 is 1.46. The SMILES string of the molecule is O=C(CSc1ccccn1)N1C[C@H](O)[C@@H](N2CCCCC2)C1. The highest BCUT2D eigenvalue weighted by Crippen LogP contribution is 2.22. The van der Waals surface area contributed by atoms with Gasteiger partial charge in [0.1, 0.15) is 0 Å². The van der Waals surface area contributed by atoms with Crippen LogP contribution in [-0.4, -0.2) is 69.9 Å². The van der Waals surface area contributed by atoms with Crippen molar-refractivity contribution in [2.24, 2.45) is 0 Å². The number of thioether (sulfide) groups is 1. The van der Waals surface area contributed by atoms with Gasteiger partial charge in [0.2, 0.25) is 5.91 Å². The van der Waals surface area contributed by atoms with Crippen molar-refractivity contribution in [2.75, 3.05) is 31.9 Å². The average Bonchev–Trinajstić information content (AvgIpc) is 2.96. The van der Waals surface area contributed by atoms with Gasteiger partial charge in [-0.3, -0.25) is 9.69 Å². The normalized spacial score (nSPS) is 26.3. The van der Waals surface area contributed by atoms with Crippen LogP contribution in [-0.2, 0) is 4.79 Å². The molecule has 0 bridgehead atoms. The van der Waals surface area contributed by atoms with E-state index in [0.29, 0.717) is 18.8 Å². The van der Waals surface area contributed by atoms with Crippen LogP contribution in [0.1, 0.15) is 19.3 Å². The van der Waals surface area contributed by atoms with Gasteiger partial charge in [-0.1, -0.05) is 24.2 Å². The number of likely N-dealkylation sites (tertiary alicyclic amines) is 2. The summed E-state index contributed by atoms with van der Waals surface area (Å²) in [5, 5.41) is 11.2. The molecular weight excluding hydrogens is 298 g/mol. The molecule has 0 spiro atoms. The van der Waals surface area contributed by atoms with Gasteiger partial charge in [0.05, 0.1) is 22.9 Å². The molecule has 120 valence electrons. The molecule has 2 saturated heterocycles. The van der Waals surface area contributed by atoms with Crippen molar-refractivity contribution in [3.8, 4) is 0 Å². The van der Waals surface area contributed by atoms with Gasteiger partial charge in [0, 0.05) is 19.3 Å². The summed E-state index contributed by atoms with van der Waals surface area (Å²) in [4.78, 5) is 20.7. The number of aliphatic hydroxyl groups is 1. The van der Waals surface area contributed by atoms with E-state index in [2.05, 4.69) is 9.88 Å². The Hall–Kier alpha value is -1.11.